The lowest BCUT2D eigenvalue weighted by molar-refractivity contribution is 0.690. The molecule has 0 radical (unpaired) electrons. The molecular formula is C11H15N. The molecule has 64 valence electrons. The first-order chi connectivity index (χ1) is 5.68. The summed E-state index contributed by atoms with van der Waals surface area (Å²) in [6.45, 7) is 6.67. The van der Waals surface area contributed by atoms with Crippen molar-refractivity contribution in [1.29, 1.82) is 0 Å². The summed E-state index contributed by atoms with van der Waals surface area (Å²) in [5.74, 6) is 0.653. The minimum Gasteiger partial charge on any atom is -0.382 e. The molecule has 0 aromatic heterocycles. The molecule has 0 saturated carbocycles. The summed E-state index contributed by atoms with van der Waals surface area (Å²) in [6, 6.07) is 7.22. The lowest BCUT2D eigenvalue weighted by Gasteiger charge is -2.08. The smallest absolute Gasteiger partial charge is 0.0378 e. The third-order valence-electron chi connectivity index (χ3n) is 2.83. The van der Waals surface area contributed by atoms with Crippen LogP contribution in [-0.4, -0.2) is 6.04 Å². The van der Waals surface area contributed by atoms with Gasteiger partial charge >= 0.3 is 0 Å². The summed E-state index contributed by atoms with van der Waals surface area (Å²) in [4.78, 5) is 0. The van der Waals surface area contributed by atoms with Crippen LogP contribution in [0.3, 0.4) is 0 Å². The van der Waals surface area contributed by atoms with Crippen molar-refractivity contribution >= 4 is 5.69 Å². The Balaban J connectivity index is 2.48. The van der Waals surface area contributed by atoms with E-state index in [1.54, 1.807) is 0 Å². The van der Waals surface area contributed by atoms with Crippen LogP contribution in [-0.2, 0) is 0 Å². The Bertz CT molecular complexity index is 304. The van der Waals surface area contributed by atoms with Gasteiger partial charge in [0.15, 0.2) is 0 Å². The Morgan fingerprint density at radius 1 is 1.25 bits per heavy atom. The van der Waals surface area contributed by atoms with Crippen LogP contribution in [0.5, 0.6) is 0 Å². The normalized spacial score (nSPS) is 26.6. The molecule has 2 unspecified atom stereocenters. The van der Waals surface area contributed by atoms with Gasteiger partial charge in [0.05, 0.1) is 0 Å². The maximum atomic E-state index is 3.47. The predicted molar refractivity (Wildman–Crippen MR) is 52.7 cm³/mol. The van der Waals surface area contributed by atoms with Crippen LogP contribution < -0.4 is 5.32 Å². The van der Waals surface area contributed by atoms with Gasteiger partial charge in [-0.3, -0.25) is 0 Å². The minimum atomic E-state index is 0.585. The van der Waals surface area contributed by atoms with Gasteiger partial charge in [-0.1, -0.05) is 24.6 Å². The molecular weight excluding hydrogens is 146 g/mol. The molecule has 1 aromatic carbocycles. The van der Waals surface area contributed by atoms with E-state index in [9.17, 15) is 0 Å². The van der Waals surface area contributed by atoms with Crippen LogP contribution in [0.1, 0.15) is 30.9 Å². The fraction of sp³-hybridized carbons (Fsp3) is 0.455. The first-order valence-electron chi connectivity index (χ1n) is 4.55. The topological polar surface area (TPSA) is 12.0 Å². The summed E-state index contributed by atoms with van der Waals surface area (Å²) in [6.07, 6.45) is 0. The highest BCUT2D eigenvalue weighted by molar-refractivity contribution is 5.59. The van der Waals surface area contributed by atoms with Gasteiger partial charge in [0.1, 0.15) is 0 Å². The highest BCUT2D eigenvalue weighted by Gasteiger charge is 2.24. The van der Waals surface area contributed by atoms with E-state index in [1.165, 1.54) is 16.8 Å². The lowest BCUT2D eigenvalue weighted by atomic mass is 9.97. The average molecular weight is 161 g/mol. The zero-order chi connectivity index (χ0) is 8.72. The van der Waals surface area contributed by atoms with Crippen molar-refractivity contribution in [2.24, 2.45) is 0 Å². The molecule has 12 heavy (non-hydrogen) atoms. The second-order valence-electron chi connectivity index (χ2n) is 3.81. The van der Waals surface area contributed by atoms with Gasteiger partial charge < -0.3 is 5.32 Å². The summed E-state index contributed by atoms with van der Waals surface area (Å²) >= 11 is 0. The molecule has 1 aliphatic heterocycles. The van der Waals surface area contributed by atoms with Gasteiger partial charge in [0, 0.05) is 17.6 Å². The molecule has 1 aliphatic rings. The van der Waals surface area contributed by atoms with Crippen molar-refractivity contribution in [2.75, 3.05) is 5.32 Å². The molecule has 0 bridgehead atoms. The van der Waals surface area contributed by atoms with Crippen LogP contribution in [0.4, 0.5) is 5.69 Å². The third kappa shape index (κ3) is 1.01. The molecule has 1 heterocycles. The molecule has 2 atom stereocenters. The molecule has 0 spiro atoms. The Morgan fingerprint density at radius 2 is 2.00 bits per heavy atom. The Kier molecular flexibility index (Phi) is 1.60. The quantitative estimate of drug-likeness (QED) is 0.617. The second-order valence-corrected chi connectivity index (χ2v) is 3.81. The third-order valence-corrected chi connectivity index (χ3v) is 2.83. The molecule has 0 fully saturated rings. The predicted octanol–water partition coefficient (Wildman–Crippen LogP) is 2.91. The van der Waals surface area contributed by atoms with Gasteiger partial charge in [-0.2, -0.15) is 0 Å². The summed E-state index contributed by atoms with van der Waals surface area (Å²) < 4.78 is 0. The maximum absolute atomic E-state index is 3.47. The van der Waals surface area contributed by atoms with E-state index in [0.29, 0.717) is 12.0 Å². The van der Waals surface area contributed by atoms with Crippen molar-refractivity contribution in [3.05, 3.63) is 29.3 Å². The van der Waals surface area contributed by atoms with Gasteiger partial charge in [0.25, 0.3) is 0 Å². The molecule has 1 heteroatoms. The molecule has 0 aliphatic carbocycles. The molecule has 1 nitrogen and oxygen atoms in total. The van der Waals surface area contributed by atoms with E-state index in [2.05, 4.69) is 44.3 Å². The number of nitrogens with one attached hydrogen (secondary N) is 1. The number of hydrogen-bond acceptors (Lipinski definition) is 1. The monoisotopic (exact) mass is 161 g/mol. The Morgan fingerprint density at radius 3 is 2.75 bits per heavy atom. The van der Waals surface area contributed by atoms with E-state index in [1.807, 2.05) is 0 Å². The SMILES string of the molecule is Cc1ccc2c(c1)C(C)C(C)N2. The van der Waals surface area contributed by atoms with Gasteiger partial charge in [-0.05, 0) is 25.5 Å². The first-order valence-corrected chi connectivity index (χ1v) is 4.55. The van der Waals surface area contributed by atoms with E-state index in [4.69, 9.17) is 0 Å². The van der Waals surface area contributed by atoms with Gasteiger partial charge in [0.2, 0.25) is 0 Å². The molecule has 2 rings (SSSR count). The standard InChI is InChI=1S/C11H15N/c1-7-4-5-11-10(6-7)8(2)9(3)12-11/h4-6,8-9,12H,1-3H3. The number of aryl methyl sites for hydroxylation is 1. The van der Waals surface area contributed by atoms with Crippen molar-refractivity contribution in [3.63, 3.8) is 0 Å². The van der Waals surface area contributed by atoms with E-state index < -0.39 is 0 Å². The van der Waals surface area contributed by atoms with E-state index in [0.717, 1.165) is 0 Å². The fourth-order valence-corrected chi connectivity index (χ4v) is 1.83. The number of fused-ring (bicyclic) bond motifs is 1. The van der Waals surface area contributed by atoms with Crippen molar-refractivity contribution in [2.45, 2.75) is 32.7 Å². The summed E-state index contributed by atoms with van der Waals surface area (Å²) in [7, 11) is 0. The highest BCUT2D eigenvalue weighted by atomic mass is 15.0. The number of benzene rings is 1. The summed E-state index contributed by atoms with van der Waals surface area (Å²) in [5, 5.41) is 3.47. The highest BCUT2D eigenvalue weighted by Crippen LogP contribution is 2.35. The Labute approximate surface area is 73.8 Å². The zero-order valence-corrected chi connectivity index (χ0v) is 7.89. The van der Waals surface area contributed by atoms with Crippen molar-refractivity contribution in [3.8, 4) is 0 Å². The second kappa shape index (κ2) is 2.51. The zero-order valence-electron chi connectivity index (χ0n) is 7.89. The largest absolute Gasteiger partial charge is 0.382 e. The maximum Gasteiger partial charge on any atom is 0.0378 e. The van der Waals surface area contributed by atoms with Gasteiger partial charge in [-0.25, -0.2) is 0 Å². The number of anilines is 1. The lowest BCUT2D eigenvalue weighted by Crippen LogP contribution is -2.12. The van der Waals surface area contributed by atoms with Crippen molar-refractivity contribution < 1.29 is 0 Å². The molecule has 1 aromatic rings. The number of hydrogen-bond donors (Lipinski definition) is 1. The fourth-order valence-electron chi connectivity index (χ4n) is 1.83. The van der Waals surface area contributed by atoms with Crippen molar-refractivity contribution in [1.82, 2.24) is 0 Å². The van der Waals surface area contributed by atoms with E-state index >= 15 is 0 Å². The van der Waals surface area contributed by atoms with Crippen LogP contribution in [0.15, 0.2) is 18.2 Å². The minimum absolute atomic E-state index is 0.585. The summed E-state index contributed by atoms with van der Waals surface area (Å²) in [5.41, 5.74) is 4.15. The average Bonchev–Trinajstić information content (AvgIpc) is 2.31. The Hall–Kier alpha value is -0.980. The molecule has 1 N–H and O–H groups in total. The van der Waals surface area contributed by atoms with E-state index in [-0.39, 0.29) is 0 Å². The van der Waals surface area contributed by atoms with Crippen LogP contribution in [0.2, 0.25) is 0 Å². The van der Waals surface area contributed by atoms with Crippen LogP contribution in [0.25, 0.3) is 0 Å². The van der Waals surface area contributed by atoms with Crippen LogP contribution >= 0.6 is 0 Å². The number of rotatable bonds is 0. The first kappa shape index (κ1) is 7.66. The molecule has 0 amide bonds. The van der Waals surface area contributed by atoms with Crippen LogP contribution in [0, 0.1) is 6.92 Å². The molecule has 0 saturated heterocycles. The van der Waals surface area contributed by atoms with Gasteiger partial charge in [-0.15, -0.1) is 0 Å².